The van der Waals surface area contributed by atoms with Gasteiger partial charge in [-0.15, -0.1) is 0 Å². The van der Waals surface area contributed by atoms with Crippen LogP contribution in [0, 0.1) is 13.8 Å². The van der Waals surface area contributed by atoms with Crippen LogP contribution >= 0.6 is 0 Å². The highest BCUT2D eigenvalue weighted by Gasteiger charge is 2.07. The van der Waals surface area contributed by atoms with Crippen molar-refractivity contribution in [2.45, 2.75) is 20.0 Å². The van der Waals surface area contributed by atoms with E-state index in [9.17, 15) is 5.11 Å². The molecule has 0 aliphatic heterocycles. The van der Waals surface area contributed by atoms with Gasteiger partial charge in [0.05, 0.1) is 12.7 Å². The Bertz CT molecular complexity index is 368. The maximum absolute atomic E-state index is 9.29. The quantitative estimate of drug-likeness (QED) is 0.760. The molecule has 2 N–H and O–H groups in total. The summed E-state index contributed by atoms with van der Waals surface area (Å²) < 4.78 is 5.69. The number of nitrogens with zero attached hydrogens (tertiary/aromatic N) is 1. The lowest BCUT2D eigenvalue weighted by atomic mass is 10.1. The average molecular weight is 253 g/mol. The summed E-state index contributed by atoms with van der Waals surface area (Å²) in [6.45, 7) is 5.61. The number of aliphatic hydroxyl groups excluding tert-OH is 2. The van der Waals surface area contributed by atoms with E-state index in [2.05, 4.69) is 13.0 Å². The zero-order chi connectivity index (χ0) is 13.5. The van der Waals surface area contributed by atoms with Crippen molar-refractivity contribution in [2.24, 2.45) is 0 Å². The van der Waals surface area contributed by atoms with Crippen molar-refractivity contribution >= 4 is 0 Å². The summed E-state index contributed by atoms with van der Waals surface area (Å²) in [6, 6.07) is 6.10. The largest absolute Gasteiger partial charge is 0.492 e. The first-order valence-electron chi connectivity index (χ1n) is 6.20. The van der Waals surface area contributed by atoms with E-state index in [0.717, 1.165) is 11.3 Å². The van der Waals surface area contributed by atoms with Crippen molar-refractivity contribution in [3.05, 3.63) is 29.3 Å². The Labute approximate surface area is 109 Å². The Hall–Kier alpha value is -1.10. The van der Waals surface area contributed by atoms with Crippen LogP contribution < -0.4 is 4.74 Å². The number of aryl methyl sites for hydroxylation is 2. The summed E-state index contributed by atoms with van der Waals surface area (Å²) in [7, 11) is 1.89. The number of aliphatic hydroxyl groups is 2. The molecular weight excluding hydrogens is 230 g/mol. The third-order valence-electron chi connectivity index (χ3n) is 2.79. The lowest BCUT2D eigenvalue weighted by Crippen LogP contribution is -2.34. The second kappa shape index (κ2) is 7.36. The van der Waals surface area contributed by atoms with Crippen LogP contribution in [0.15, 0.2) is 18.2 Å². The highest BCUT2D eigenvalue weighted by Crippen LogP contribution is 2.18. The molecule has 0 aliphatic carbocycles. The highest BCUT2D eigenvalue weighted by atomic mass is 16.5. The van der Waals surface area contributed by atoms with E-state index in [0.29, 0.717) is 19.7 Å². The second-order valence-corrected chi connectivity index (χ2v) is 4.72. The van der Waals surface area contributed by atoms with E-state index in [1.165, 1.54) is 5.56 Å². The molecule has 0 amide bonds. The lowest BCUT2D eigenvalue weighted by Gasteiger charge is -2.19. The molecule has 1 aromatic carbocycles. The molecule has 0 heterocycles. The molecule has 1 atom stereocenters. The predicted molar refractivity (Wildman–Crippen MR) is 72.0 cm³/mol. The Morgan fingerprint density at radius 2 is 2.06 bits per heavy atom. The number of hydrogen-bond donors (Lipinski definition) is 2. The summed E-state index contributed by atoms with van der Waals surface area (Å²) in [5.41, 5.74) is 2.36. The summed E-state index contributed by atoms with van der Waals surface area (Å²) in [5.74, 6) is 0.900. The fourth-order valence-electron chi connectivity index (χ4n) is 1.78. The molecule has 0 bridgehead atoms. The summed E-state index contributed by atoms with van der Waals surface area (Å²) in [4.78, 5) is 1.93. The number of rotatable bonds is 7. The van der Waals surface area contributed by atoms with Crippen LogP contribution in [-0.2, 0) is 0 Å². The normalized spacial score (nSPS) is 12.8. The van der Waals surface area contributed by atoms with Gasteiger partial charge in [-0.05, 0) is 32.5 Å². The van der Waals surface area contributed by atoms with Gasteiger partial charge in [0.15, 0.2) is 0 Å². The standard InChI is InChI=1S/C14H23NO3/c1-11-4-5-14(12(2)8-11)18-7-6-15(3)9-13(17)10-16/h4-5,8,13,16-17H,6-7,9-10H2,1-3H3/t13-/m0/s1. The predicted octanol–water partition coefficient (Wildman–Crippen LogP) is 0.967. The minimum absolute atomic E-state index is 0.206. The van der Waals surface area contributed by atoms with Crippen molar-refractivity contribution in [3.8, 4) is 5.75 Å². The van der Waals surface area contributed by atoms with Gasteiger partial charge in [-0.2, -0.15) is 0 Å². The number of likely N-dealkylation sites (N-methyl/N-ethyl adjacent to an activating group) is 1. The van der Waals surface area contributed by atoms with Crippen LogP contribution in [-0.4, -0.2) is 54.6 Å². The molecule has 4 nitrogen and oxygen atoms in total. The first-order chi connectivity index (χ1) is 8.52. The van der Waals surface area contributed by atoms with Crippen LogP contribution in [0.5, 0.6) is 5.75 Å². The third kappa shape index (κ3) is 5.04. The van der Waals surface area contributed by atoms with Crippen molar-refractivity contribution < 1.29 is 14.9 Å². The van der Waals surface area contributed by atoms with E-state index in [1.807, 2.05) is 31.0 Å². The van der Waals surface area contributed by atoms with E-state index < -0.39 is 6.10 Å². The summed E-state index contributed by atoms with van der Waals surface area (Å²) in [5, 5.41) is 18.0. The molecule has 0 aromatic heterocycles. The topological polar surface area (TPSA) is 52.9 Å². The highest BCUT2D eigenvalue weighted by molar-refractivity contribution is 5.35. The average Bonchev–Trinajstić information content (AvgIpc) is 2.31. The molecule has 0 saturated carbocycles. The van der Waals surface area contributed by atoms with Gasteiger partial charge in [0.1, 0.15) is 12.4 Å². The SMILES string of the molecule is Cc1ccc(OCCN(C)C[C@H](O)CO)c(C)c1. The first kappa shape index (κ1) is 15.0. The Balaban J connectivity index is 2.33. The molecular formula is C14H23NO3. The van der Waals surface area contributed by atoms with E-state index in [-0.39, 0.29) is 6.61 Å². The van der Waals surface area contributed by atoms with Gasteiger partial charge in [-0.25, -0.2) is 0 Å². The van der Waals surface area contributed by atoms with Crippen molar-refractivity contribution in [1.82, 2.24) is 4.90 Å². The Morgan fingerprint density at radius 3 is 2.67 bits per heavy atom. The van der Waals surface area contributed by atoms with E-state index in [4.69, 9.17) is 9.84 Å². The van der Waals surface area contributed by atoms with Gasteiger partial charge in [0.25, 0.3) is 0 Å². The smallest absolute Gasteiger partial charge is 0.122 e. The molecule has 18 heavy (non-hydrogen) atoms. The molecule has 1 aromatic rings. The minimum atomic E-state index is -0.684. The molecule has 0 saturated heterocycles. The van der Waals surface area contributed by atoms with Crippen LogP contribution in [0.4, 0.5) is 0 Å². The van der Waals surface area contributed by atoms with Gasteiger partial charge in [-0.1, -0.05) is 17.7 Å². The van der Waals surface area contributed by atoms with Gasteiger partial charge in [0, 0.05) is 13.1 Å². The molecule has 0 radical (unpaired) electrons. The molecule has 0 unspecified atom stereocenters. The van der Waals surface area contributed by atoms with Crippen LogP contribution in [0.2, 0.25) is 0 Å². The molecule has 0 spiro atoms. The van der Waals surface area contributed by atoms with Gasteiger partial charge in [-0.3, -0.25) is 0 Å². The van der Waals surface area contributed by atoms with E-state index in [1.54, 1.807) is 0 Å². The maximum Gasteiger partial charge on any atom is 0.122 e. The van der Waals surface area contributed by atoms with Crippen molar-refractivity contribution in [2.75, 3.05) is 33.4 Å². The zero-order valence-corrected chi connectivity index (χ0v) is 11.4. The minimum Gasteiger partial charge on any atom is -0.492 e. The number of hydrogen-bond acceptors (Lipinski definition) is 4. The summed E-state index contributed by atoms with van der Waals surface area (Å²) >= 11 is 0. The number of benzene rings is 1. The van der Waals surface area contributed by atoms with Gasteiger partial charge < -0.3 is 19.8 Å². The van der Waals surface area contributed by atoms with Gasteiger partial charge >= 0.3 is 0 Å². The van der Waals surface area contributed by atoms with Crippen molar-refractivity contribution in [3.63, 3.8) is 0 Å². The van der Waals surface area contributed by atoms with Gasteiger partial charge in [0.2, 0.25) is 0 Å². The monoisotopic (exact) mass is 253 g/mol. The molecule has 0 aliphatic rings. The Kier molecular flexibility index (Phi) is 6.12. The fraction of sp³-hybridized carbons (Fsp3) is 0.571. The second-order valence-electron chi connectivity index (χ2n) is 4.72. The third-order valence-corrected chi connectivity index (χ3v) is 2.79. The number of ether oxygens (including phenoxy) is 1. The zero-order valence-electron chi connectivity index (χ0n) is 11.4. The van der Waals surface area contributed by atoms with E-state index >= 15 is 0 Å². The van der Waals surface area contributed by atoms with Crippen molar-refractivity contribution in [1.29, 1.82) is 0 Å². The molecule has 0 fully saturated rings. The maximum atomic E-state index is 9.29. The van der Waals surface area contributed by atoms with Crippen LogP contribution in [0.1, 0.15) is 11.1 Å². The Morgan fingerprint density at radius 1 is 1.33 bits per heavy atom. The molecule has 1 rings (SSSR count). The lowest BCUT2D eigenvalue weighted by molar-refractivity contribution is 0.0631. The van der Waals surface area contributed by atoms with Crippen LogP contribution in [0.3, 0.4) is 0 Å². The molecule has 4 heteroatoms. The first-order valence-corrected chi connectivity index (χ1v) is 6.20. The van der Waals surface area contributed by atoms with Crippen LogP contribution in [0.25, 0.3) is 0 Å². The fourth-order valence-corrected chi connectivity index (χ4v) is 1.78. The summed E-state index contributed by atoms with van der Waals surface area (Å²) in [6.07, 6.45) is -0.684. The molecule has 102 valence electrons.